The normalized spacial score (nSPS) is 25.4. The lowest BCUT2D eigenvalue weighted by Crippen LogP contribution is -2.50. The summed E-state index contributed by atoms with van der Waals surface area (Å²) in [5, 5.41) is 10.3. The van der Waals surface area contributed by atoms with E-state index in [0.29, 0.717) is 25.5 Å². The van der Waals surface area contributed by atoms with Gasteiger partial charge in [0.2, 0.25) is 0 Å². The summed E-state index contributed by atoms with van der Waals surface area (Å²) in [4.78, 5) is 12.5. The Labute approximate surface area is 124 Å². The summed E-state index contributed by atoms with van der Waals surface area (Å²) in [5.41, 5.74) is 2.78. The van der Waals surface area contributed by atoms with Crippen molar-refractivity contribution in [3.63, 3.8) is 0 Å². The van der Waals surface area contributed by atoms with Gasteiger partial charge in [-0.25, -0.2) is 0 Å². The van der Waals surface area contributed by atoms with Gasteiger partial charge in [0.05, 0.1) is 12.6 Å². The molecule has 2 aliphatic rings. The van der Waals surface area contributed by atoms with Crippen molar-refractivity contribution in [1.29, 1.82) is 0 Å². The van der Waals surface area contributed by atoms with Gasteiger partial charge in [0.15, 0.2) is 5.69 Å². The molecule has 21 heavy (non-hydrogen) atoms. The van der Waals surface area contributed by atoms with E-state index in [0.717, 1.165) is 36.9 Å². The number of aromatic nitrogens is 2. The van der Waals surface area contributed by atoms with E-state index in [1.165, 1.54) is 6.42 Å². The van der Waals surface area contributed by atoms with Crippen LogP contribution in [0.5, 0.6) is 0 Å². The second-order valence-corrected chi connectivity index (χ2v) is 5.67. The molecule has 1 aromatic heterocycles. The van der Waals surface area contributed by atoms with Crippen molar-refractivity contribution < 1.29 is 14.3 Å². The van der Waals surface area contributed by atoms with Gasteiger partial charge in [0, 0.05) is 24.5 Å². The zero-order valence-corrected chi connectivity index (χ0v) is 12.5. The molecule has 0 unspecified atom stereocenters. The number of aromatic amines is 1. The van der Waals surface area contributed by atoms with Crippen LogP contribution in [0.25, 0.3) is 0 Å². The summed E-state index contributed by atoms with van der Waals surface area (Å²) in [6, 6.07) is 0.00198. The highest BCUT2D eigenvalue weighted by molar-refractivity contribution is 5.94. The third kappa shape index (κ3) is 3.11. The van der Waals surface area contributed by atoms with E-state index in [-0.39, 0.29) is 18.1 Å². The Morgan fingerprint density at radius 2 is 2.33 bits per heavy atom. The van der Waals surface area contributed by atoms with Gasteiger partial charge in [-0.15, -0.1) is 0 Å². The zero-order chi connectivity index (χ0) is 14.7. The Bertz CT molecular complexity index is 498. The smallest absolute Gasteiger partial charge is 0.272 e. The minimum Gasteiger partial charge on any atom is -0.379 e. The number of amides is 1. The number of carbonyl (C=O) groups excluding carboxylic acids is 1. The second kappa shape index (κ2) is 6.58. The van der Waals surface area contributed by atoms with Crippen LogP contribution in [0.3, 0.4) is 0 Å². The van der Waals surface area contributed by atoms with E-state index in [9.17, 15) is 4.79 Å². The highest BCUT2D eigenvalue weighted by Crippen LogP contribution is 2.22. The van der Waals surface area contributed by atoms with Crippen LogP contribution >= 0.6 is 0 Å². The standard InChI is InChI=1S/C15H23N3O3/c1-2-21-13-9-20-8-7-12(13)16-15(19)14-10-5-3-4-6-11(10)17-18-14/h12-13H,2-9H2,1H3,(H,16,19)(H,17,18)/t12-,13-/m1/s1. The number of fused-ring (bicyclic) bond motifs is 1. The van der Waals surface area contributed by atoms with Gasteiger partial charge in [-0.3, -0.25) is 9.89 Å². The molecule has 0 aromatic carbocycles. The van der Waals surface area contributed by atoms with E-state index in [4.69, 9.17) is 9.47 Å². The minimum absolute atomic E-state index is 0.00198. The van der Waals surface area contributed by atoms with E-state index >= 15 is 0 Å². The van der Waals surface area contributed by atoms with E-state index in [1.54, 1.807) is 0 Å². The second-order valence-electron chi connectivity index (χ2n) is 5.67. The number of hydrogen-bond acceptors (Lipinski definition) is 4. The molecule has 0 bridgehead atoms. The first-order valence-electron chi connectivity index (χ1n) is 7.86. The first-order valence-corrected chi connectivity index (χ1v) is 7.86. The van der Waals surface area contributed by atoms with Crippen molar-refractivity contribution in [2.45, 2.75) is 51.2 Å². The zero-order valence-electron chi connectivity index (χ0n) is 12.5. The lowest BCUT2D eigenvalue weighted by molar-refractivity contribution is -0.0633. The molecular formula is C15H23N3O3. The molecule has 1 aromatic rings. The predicted molar refractivity (Wildman–Crippen MR) is 77.3 cm³/mol. The highest BCUT2D eigenvalue weighted by atomic mass is 16.5. The number of H-pyrrole nitrogens is 1. The average molecular weight is 293 g/mol. The van der Waals surface area contributed by atoms with Crippen LogP contribution in [0.2, 0.25) is 0 Å². The van der Waals surface area contributed by atoms with Crippen molar-refractivity contribution in [1.82, 2.24) is 15.5 Å². The van der Waals surface area contributed by atoms with Crippen LogP contribution in [0.15, 0.2) is 0 Å². The van der Waals surface area contributed by atoms with E-state index < -0.39 is 0 Å². The molecule has 1 saturated heterocycles. The van der Waals surface area contributed by atoms with Crippen LogP contribution in [0, 0.1) is 0 Å². The number of rotatable bonds is 4. The lowest BCUT2D eigenvalue weighted by atomic mass is 9.95. The molecular weight excluding hydrogens is 270 g/mol. The van der Waals surface area contributed by atoms with Crippen molar-refractivity contribution in [2.24, 2.45) is 0 Å². The van der Waals surface area contributed by atoms with E-state index in [2.05, 4.69) is 15.5 Å². The van der Waals surface area contributed by atoms with Crippen molar-refractivity contribution in [3.8, 4) is 0 Å². The number of nitrogens with one attached hydrogen (secondary N) is 2. The maximum absolute atomic E-state index is 12.5. The van der Waals surface area contributed by atoms with Crippen molar-refractivity contribution in [3.05, 3.63) is 17.0 Å². The first-order chi connectivity index (χ1) is 10.3. The lowest BCUT2D eigenvalue weighted by Gasteiger charge is -2.31. The number of aryl methyl sites for hydroxylation is 1. The fourth-order valence-electron chi connectivity index (χ4n) is 3.16. The molecule has 6 heteroatoms. The molecule has 0 spiro atoms. The predicted octanol–water partition coefficient (Wildman–Crippen LogP) is 1.21. The Hall–Kier alpha value is -1.40. The molecule has 1 aliphatic carbocycles. The molecule has 1 fully saturated rings. The molecule has 1 aliphatic heterocycles. The summed E-state index contributed by atoms with van der Waals surface area (Å²) in [7, 11) is 0. The Kier molecular flexibility index (Phi) is 4.55. The topological polar surface area (TPSA) is 76.2 Å². The van der Waals surface area contributed by atoms with E-state index in [1.807, 2.05) is 6.92 Å². The minimum atomic E-state index is -0.0917. The molecule has 3 rings (SSSR count). The monoisotopic (exact) mass is 293 g/mol. The summed E-state index contributed by atoms with van der Waals surface area (Å²) in [6.07, 6.45) is 4.95. The average Bonchev–Trinajstić information content (AvgIpc) is 2.93. The molecule has 2 heterocycles. The maximum Gasteiger partial charge on any atom is 0.272 e. The largest absolute Gasteiger partial charge is 0.379 e. The van der Waals surface area contributed by atoms with Gasteiger partial charge in [-0.2, -0.15) is 5.10 Å². The quantitative estimate of drug-likeness (QED) is 0.875. The Morgan fingerprint density at radius 1 is 1.48 bits per heavy atom. The highest BCUT2D eigenvalue weighted by Gasteiger charge is 2.30. The summed E-state index contributed by atoms with van der Waals surface area (Å²) < 4.78 is 11.1. The number of carbonyl (C=O) groups is 1. The summed E-state index contributed by atoms with van der Waals surface area (Å²) in [6.45, 7) is 3.78. The fourth-order valence-corrected chi connectivity index (χ4v) is 3.16. The van der Waals surface area contributed by atoms with Crippen LogP contribution in [-0.4, -0.2) is 48.1 Å². The Morgan fingerprint density at radius 3 is 3.19 bits per heavy atom. The molecule has 0 saturated carbocycles. The van der Waals surface area contributed by atoms with Gasteiger partial charge in [-0.1, -0.05) is 0 Å². The molecule has 1 amide bonds. The van der Waals surface area contributed by atoms with Crippen LogP contribution in [-0.2, 0) is 22.3 Å². The van der Waals surface area contributed by atoms with Gasteiger partial charge in [0.1, 0.15) is 6.10 Å². The molecule has 2 N–H and O–H groups in total. The first kappa shape index (κ1) is 14.5. The van der Waals surface area contributed by atoms with Crippen LogP contribution < -0.4 is 5.32 Å². The fraction of sp³-hybridized carbons (Fsp3) is 0.733. The van der Waals surface area contributed by atoms with Gasteiger partial charge < -0.3 is 14.8 Å². The third-order valence-corrected chi connectivity index (χ3v) is 4.27. The SMILES string of the molecule is CCO[C@@H]1COCC[C@H]1NC(=O)c1n[nH]c2c1CCCC2. The summed E-state index contributed by atoms with van der Waals surface area (Å²) in [5.74, 6) is -0.0917. The van der Waals surface area contributed by atoms with Gasteiger partial charge in [0.25, 0.3) is 5.91 Å². The van der Waals surface area contributed by atoms with Crippen LogP contribution in [0.4, 0.5) is 0 Å². The number of ether oxygens (including phenoxy) is 2. The number of nitrogens with zero attached hydrogens (tertiary/aromatic N) is 1. The molecule has 2 atom stereocenters. The van der Waals surface area contributed by atoms with Crippen molar-refractivity contribution >= 4 is 5.91 Å². The molecule has 6 nitrogen and oxygen atoms in total. The van der Waals surface area contributed by atoms with Gasteiger partial charge >= 0.3 is 0 Å². The molecule has 0 radical (unpaired) electrons. The summed E-state index contributed by atoms with van der Waals surface area (Å²) >= 11 is 0. The Balaban J connectivity index is 1.69. The maximum atomic E-state index is 12.5. The van der Waals surface area contributed by atoms with Crippen LogP contribution in [0.1, 0.15) is 47.9 Å². The third-order valence-electron chi connectivity index (χ3n) is 4.27. The molecule has 116 valence electrons. The van der Waals surface area contributed by atoms with Crippen molar-refractivity contribution in [2.75, 3.05) is 19.8 Å². The number of hydrogen-bond donors (Lipinski definition) is 2. The van der Waals surface area contributed by atoms with Gasteiger partial charge in [-0.05, 0) is 39.0 Å².